The van der Waals surface area contributed by atoms with Gasteiger partial charge in [0.25, 0.3) is 0 Å². The van der Waals surface area contributed by atoms with Crippen LogP contribution in [0.25, 0.3) is 22.3 Å². The van der Waals surface area contributed by atoms with Crippen molar-refractivity contribution in [3.63, 3.8) is 0 Å². The van der Waals surface area contributed by atoms with Gasteiger partial charge in [0.05, 0.1) is 56.5 Å². The zero-order valence-corrected chi connectivity index (χ0v) is 20.1. The lowest BCUT2D eigenvalue weighted by atomic mass is 10.0. The van der Waals surface area contributed by atoms with Crippen molar-refractivity contribution >= 4 is 11.0 Å². The summed E-state index contributed by atoms with van der Waals surface area (Å²) in [7, 11) is 3.32. The van der Waals surface area contributed by atoms with Crippen LogP contribution in [0.2, 0.25) is 0 Å². The Morgan fingerprint density at radius 3 is 2.60 bits per heavy atom. The molecule has 1 fully saturated rings. The highest BCUT2D eigenvalue weighted by molar-refractivity contribution is 5.77. The minimum absolute atomic E-state index is 0.0857. The van der Waals surface area contributed by atoms with Crippen LogP contribution in [-0.2, 0) is 22.4 Å². The molecule has 8 nitrogen and oxygen atoms in total. The smallest absolute Gasteiger partial charge is 0.157 e. The predicted molar refractivity (Wildman–Crippen MR) is 133 cm³/mol. The van der Waals surface area contributed by atoms with Gasteiger partial charge in [-0.25, -0.2) is 4.98 Å². The summed E-state index contributed by atoms with van der Waals surface area (Å²) in [6.45, 7) is 2.01. The molecule has 0 amide bonds. The van der Waals surface area contributed by atoms with Crippen molar-refractivity contribution in [1.82, 2.24) is 19.7 Å². The van der Waals surface area contributed by atoms with E-state index in [1.54, 1.807) is 20.4 Å². The quantitative estimate of drug-likeness (QED) is 0.349. The molecule has 2 aromatic carbocycles. The summed E-state index contributed by atoms with van der Waals surface area (Å²) in [4.78, 5) is 9.48. The van der Waals surface area contributed by atoms with Crippen LogP contribution in [0.4, 0.5) is 0 Å². The summed E-state index contributed by atoms with van der Waals surface area (Å²) in [6.07, 6.45) is 9.48. The highest BCUT2D eigenvalue weighted by atomic mass is 16.7. The van der Waals surface area contributed by atoms with E-state index in [9.17, 15) is 0 Å². The third kappa shape index (κ3) is 5.78. The number of methoxy groups -OCH3 is 2. The lowest BCUT2D eigenvalue weighted by Gasteiger charge is -2.22. The van der Waals surface area contributed by atoms with Gasteiger partial charge in [-0.1, -0.05) is 6.07 Å². The van der Waals surface area contributed by atoms with Crippen LogP contribution in [0.3, 0.4) is 0 Å². The zero-order valence-electron chi connectivity index (χ0n) is 20.1. The third-order valence-electron chi connectivity index (χ3n) is 6.12. The Hall–Kier alpha value is -3.49. The first-order chi connectivity index (χ1) is 17.2. The molecule has 0 spiro atoms. The molecule has 35 heavy (non-hydrogen) atoms. The topological polar surface area (TPSA) is 80.5 Å². The molecule has 1 aliphatic heterocycles. The molecule has 0 bridgehead atoms. The number of hydrogen-bond donors (Lipinski definition) is 0. The Kier molecular flexibility index (Phi) is 7.20. The Bertz CT molecular complexity index is 1260. The Labute approximate surface area is 204 Å². The average Bonchev–Trinajstić information content (AvgIpc) is 3.37. The number of nitrogens with zero attached hydrogens (tertiary/aromatic N) is 4. The molecule has 3 heterocycles. The maximum atomic E-state index is 5.82. The fraction of sp³-hybridized carbons (Fsp3) is 0.370. The first-order valence-electron chi connectivity index (χ1n) is 11.9. The molecule has 0 N–H and O–H groups in total. The van der Waals surface area contributed by atoms with Crippen molar-refractivity contribution in [3.8, 4) is 22.8 Å². The molecule has 1 aliphatic rings. The van der Waals surface area contributed by atoms with Crippen molar-refractivity contribution in [2.75, 3.05) is 27.4 Å². The molecule has 4 aromatic rings. The van der Waals surface area contributed by atoms with Crippen molar-refractivity contribution in [2.45, 2.75) is 38.5 Å². The van der Waals surface area contributed by atoms with Crippen LogP contribution in [0.1, 0.15) is 30.4 Å². The summed E-state index contributed by atoms with van der Waals surface area (Å²) >= 11 is 0. The second-order valence-corrected chi connectivity index (χ2v) is 8.64. The van der Waals surface area contributed by atoms with Crippen LogP contribution in [-0.4, -0.2) is 53.5 Å². The summed E-state index contributed by atoms with van der Waals surface area (Å²) < 4.78 is 24.1. The van der Waals surface area contributed by atoms with Gasteiger partial charge >= 0.3 is 0 Å². The van der Waals surface area contributed by atoms with E-state index in [0.717, 1.165) is 77.2 Å². The van der Waals surface area contributed by atoms with E-state index < -0.39 is 0 Å². The molecule has 182 valence electrons. The molecule has 5 rings (SSSR count). The SMILES string of the molecule is COc1cc(Cc2ccc3ncc(-c4cnn(CCOC5CCCCO5)c4)nc3c2)cc(OC)c1. The number of aromatic nitrogens is 4. The summed E-state index contributed by atoms with van der Waals surface area (Å²) in [6, 6.07) is 12.1. The summed E-state index contributed by atoms with van der Waals surface area (Å²) in [5, 5.41) is 4.47. The van der Waals surface area contributed by atoms with Crippen molar-refractivity contribution in [1.29, 1.82) is 0 Å². The second-order valence-electron chi connectivity index (χ2n) is 8.64. The van der Waals surface area contributed by atoms with Crippen LogP contribution in [0.15, 0.2) is 55.0 Å². The normalized spacial score (nSPS) is 15.9. The Balaban J connectivity index is 1.29. The van der Waals surface area contributed by atoms with Gasteiger partial charge in [-0.2, -0.15) is 5.10 Å². The van der Waals surface area contributed by atoms with E-state index >= 15 is 0 Å². The Morgan fingerprint density at radius 1 is 0.971 bits per heavy atom. The molecule has 1 unspecified atom stereocenters. The van der Waals surface area contributed by atoms with Crippen molar-refractivity contribution in [2.24, 2.45) is 0 Å². The maximum Gasteiger partial charge on any atom is 0.157 e. The number of rotatable bonds is 9. The molecule has 2 aromatic heterocycles. The molecule has 0 radical (unpaired) electrons. The van der Waals surface area contributed by atoms with Gasteiger partial charge < -0.3 is 18.9 Å². The van der Waals surface area contributed by atoms with E-state index in [4.69, 9.17) is 23.9 Å². The maximum absolute atomic E-state index is 5.82. The average molecular weight is 475 g/mol. The van der Waals surface area contributed by atoms with Crippen LogP contribution >= 0.6 is 0 Å². The lowest BCUT2D eigenvalue weighted by Crippen LogP contribution is -2.24. The molecule has 0 aliphatic carbocycles. The molecule has 0 saturated carbocycles. The van der Waals surface area contributed by atoms with Crippen molar-refractivity contribution < 1.29 is 18.9 Å². The number of ether oxygens (including phenoxy) is 4. The highest BCUT2D eigenvalue weighted by Gasteiger charge is 2.14. The van der Waals surface area contributed by atoms with Gasteiger partial charge in [0.15, 0.2) is 6.29 Å². The molecular weight excluding hydrogens is 444 g/mol. The minimum atomic E-state index is -0.0857. The lowest BCUT2D eigenvalue weighted by molar-refractivity contribution is -0.163. The number of fused-ring (bicyclic) bond motifs is 1. The van der Waals surface area contributed by atoms with Gasteiger partial charge in [-0.05, 0) is 61.1 Å². The molecule has 1 atom stereocenters. The fourth-order valence-electron chi connectivity index (χ4n) is 4.25. The zero-order chi connectivity index (χ0) is 24.0. The van der Waals surface area contributed by atoms with Gasteiger partial charge in [-0.3, -0.25) is 9.67 Å². The van der Waals surface area contributed by atoms with E-state index in [0.29, 0.717) is 13.2 Å². The largest absolute Gasteiger partial charge is 0.497 e. The first kappa shape index (κ1) is 23.3. The van der Waals surface area contributed by atoms with E-state index in [1.807, 2.05) is 41.3 Å². The summed E-state index contributed by atoms with van der Waals surface area (Å²) in [5.41, 5.74) is 5.66. The molecular formula is C27H30N4O4. The number of benzene rings is 2. The summed E-state index contributed by atoms with van der Waals surface area (Å²) in [5.74, 6) is 1.55. The Morgan fingerprint density at radius 2 is 1.83 bits per heavy atom. The van der Waals surface area contributed by atoms with E-state index in [2.05, 4.69) is 22.2 Å². The van der Waals surface area contributed by atoms with Gasteiger partial charge in [0.1, 0.15) is 11.5 Å². The third-order valence-corrected chi connectivity index (χ3v) is 6.12. The van der Waals surface area contributed by atoms with E-state index in [1.165, 1.54) is 0 Å². The van der Waals surface area contributed by atoms with E-state index in [-0.39, 0.29) is 6.29 Å². The van der Waals surface area contributed by atoms with Crippen LogP contribution in [0, 0.1) is 0 Å². The fourth-order valence-corrected chi connectivity index (χ4v) is 4.25. The second kappa shape index (κ2) is 10.8. The van der Waals surface area contributed by atoms with Crippen LogP contribution in [0.5, 0.6) is 11.5 Å². The first-order valence-corrected chi connectivity index (χ1v) is 11.9. The number of hydrogen-bond acceptors (Lipinski definition) is 7. The highest BCUT2D eigenvalue weighted by Crippen LogP contribution is 2.26. The predicted octanol–water partition coefficient (Wildman–Crippen LogP) is 4.64. The monoisotopic (exact) mass is 474 g/mol. The minimum Gasteiger partial charge on any atom is -0.497 e. The van der Waals surface area contributed by atoms with Gasteiger partial charge in [0.2, 0.25) is 0 Å². The van der Waals surface area contributed by atoms with Gasteiger partial charge in [-0.15, -0.1) is 0 Å². The van der Waals surface area contributed by atoms with Crippen molar-refractivity contribution in [3.05, 3.63) is 66.1 Å². The standard InChI is InChI=1S/C27H30N4O4/c1-32-22-12-20(13-23(15-22)33-2)11-19-6-7-24-25(14-19)30-26(17-28-24)21-16-29-31(18-21)8-10-35-27-5-3-4-9-34-27/h6-7,12-18,27H,3-5,8-11H2,1-2H3. The molecule has 1 saturated heterocycles. The molecule has 8 heteroatoms. The van der Waals surface area contributed by atoms with Crippen LogP contribution < -0.4 is 9.47 Å². The van der Waals surface area contributed by atoms with Gasteiger partial charge in [0, 0.05) is 24.4 Å².